The van der Waals surface area contributed by atoms with E-state index in [-0.39, 0.29) is 12.8 Å². The first-order valence-electron chi connectivity index (χ1n) is 20.4. The van der Waals surface area contributed by atoms with Crippen LogP contribution in [0.3, 0.4) is 0 Å². The number of ether oxygens (including phenoxy) is 2. The summed E-state index contributed by atoms with van der Waals surface area (Å²) >= 11 is 0. The molecule has 0 aliphatic carbocycles. The van der Waals surface area contributed by atoms with E-state index >= 15 is 0 Å². The first kappa shape index (κ1) is 52.6. The number of hydrogen-bond donors (Lipinski definition) is 4. The van der Waals surface area contributed by atoms with Gasteiger partial charge in [-0.2, -0.15) is 0 Å². The second kappa shape index (κ2) is 38.5. The molecule has 0 fully saturated rings. The molecule has 0 heterocycles. The van der Waals surface area contributed by atoms with Gasteiger partial charge in [0.05, 0.1) is 18.8 Å². The maximum absolute atomic E-state index is 12.4. The molecule has 0 amide bonds. The Labute approximate surface area is 337 Å². The summed E-state index contributed by atoms with van der Waals surface area (Å²) < 4.78 is 26.2. The van der Waals surface area contributed by atoms with Gasteiger partial charge in [-0.3, -0.25) is 14.1 Å². The molecule has 0 radical (unpaired) electrons. The van der Waals surface area contributed by atoms with Gasteiger partial charge in [0, 0.05) is 12.8 Å². The number of phosphoric acid groups is 1. The Kier molecular flexibility index (Phi) is 36.2. The maximum Gasteiger partial charge on any atom is 0.469 e. The molecule has 0 rings (SSSR count). The second-order valence-corrected chi connectivity index (χ2v) is 14.5. The number of rotatable bonds is 35. The molecule has 4 N–H and O–H groups in total. The fraction of sp³-hybridized carbons (Fsp3) is 0.556. The summed E-state index contributed by atoms with van der Waals surface area (Å²) in [4.78, 5) is 42.8. The van der Waals surface area contributed by atoms with Crippen LogP contribution in [-0.2, 0) is 28.2 Å². The van der Waals surface area contributed by atoms with Crippen LogP contribution in [0, 0.1) is 0 Å². The Balaban J connectivity index is 4.27. The predicted molar refractivity (Wildman–Crippen MR) is 228 cm³/mol. The molecule has 0 saturated heterocycles. The highest BCUT2D eigenvalue weighted by atomic mass is 31.2. The Morgan fingerprint density at radius 3 is 1.64 bits per heavy atom. The quantitative estimate of drug-likeness (QED) is 0.0160. The van der Waals surface area contributed by atoms with Gasteiger partial charge in [-0.05, 0) is 77.0 Å². The zero-order valence-electron chi connectivity index (χ0n) is 34.0. The van der Waals surface area contributed by atoms with E-state index in [1.54, 1.807) is 18.2 Å². The van der Waals surface area contributed by atoms with Crippen LogP contribution >= 0.6 is 7.82 Å². The van der Waals surface area contributed by atoms with E-state index in [0.717, 1.165) is 77.0 Å². The summed E-state index contributed by atoms with van der Waals surface area (Å²) in [5, 5.41) is 20.1. The second-order valence-electron chi connectivity index (χ2n) is 13.3. The highest BCUT2D eigenvalue weighted by molar-refractivity contribution is 7.46. The van der Waals surface area contributed by atoms with Gasteiger partial charge in [0.15, 0.2) is 6.10 Å². The topological polar surface area (TPSA) is 160 Å². The molecule has 0 aliphatic heterocycles. The van der Waals surface area contributed by atoms with Crippen molar-refractivity contribution >= 4 is 19.8 Å². The zero-order chi connectivity index (χ0) is 41.4. The van der Waals surface area contributed by atoms with Crippen molar-refractivity contribution in [2.45, 2.75) is 148 Å². The van der Waals surface area contributed by atoms with Gasteiger partial charge in [0.25, 0.3) is 0 Å². The summed E-state index contributed by atoms with van der Waals surface area (Å²) in [6.07, 6.45) is 47.3. The number of aliphatic hydroxyl groups is 2. The van der Waals surface area contributed by atoms with Crippen molar-refractivity contribution in [2.75, 3.05) is 13.2 Å². The molecule has 0 aromatic heterocycles. The first-order valence-corrected chi connectivity index (χ1v) is 21.9. The van der Waals surface area contributed by atoms with Gasteiger partial charge in [-0.15, -0.1) is 0 Å². The van der Waals surface area contributed by atoms with Gasteiger partial charge in [-0.25, -0.2) is 4.57 Å². The third-order valence-electron chi connectivity index (χ3n) is 7.98. The number of aliphatic hydroxyl groups excluding tert-OH is 2. The van der Waals surface area contributed by atoms with Crippen molar-refractivity contribution in [3.63, 3.8) is 0 Å². The molecule has 0 aliphatic rings. The molecular weight excluding hydrogens is 731 g/mol. The minimum atomic E-state index is -4.84. The van der Waals surface area contributed by atoms with Crippen molar-refractivity contribution in [3.8, 4) is 0 Å². The van der Waals surface area contributed by atoms with Crippen LogP contribution in [0.1, 0.15) is 129 Å². The molecule has 3 atom stereocenters. The molecule has 0 spiro atoms. The molecule has 0 aromatic rings. The fourth-order valence-electron chi connectivity index (χ4n) is 4.91. The lowest BCUT2D eigenvalue weighted by Crippen LogP contribution is -2.29. The summed E-state index contributed by atoms with van der Waals surface area (Å²) in [5.41, 5.74) is 0. The Bertz CT molecular complexity index is 1300. The smallest absolute Gasteiger partial charge is 0.462 e. The van der Waals surface area contributed by atoms with Crippen molar-refractivity contribution in [2.24, 2.45) is 0 Å². The van der Waals surface area contributed by atoms with Crippen LogP contribution in [-0.4, -0.2) is 63.5 Å². The van der Waals surface area contributed by atoms with Gasteiger partial charge in [0.2, 0.25) is 0 Å². The van der Waals surface area contributed by atoms with Crippen LogP contribution in [0.4, 0.5) is 0 Å². The molecule has 316 valence electrons. The lowest BCUT2D eigenvalue weighted by molar-refractivity contribution is -0.161. The average Bonchev–Trinajstić information content (AvgIpc) is 3.15. The van der Waals surface area contributed by atoms with E-state index in [1.807, 2.05) is 30.4 Å². The van der Waals surface area contributed by atoms with Crippen LogP contribution in [0.15, 0.2) is 109 Å². The molecule has 56 heavy (non-hydrogen) atoms. The maximum atomic E-state index is 12.4. The van der Waals surface area contributed by atoms with E-state index in [1.165, 1.54) is 0 Å². The molecule has 0 aromatic carbocycles. The van der Waals surface area contributed by atoms with Crippen molar-refractivity contribution in [1.29, 1.82) is 0 Å². The minimum Gasteiger partial charge on any atom is -0.462 e. The van der Waals surface area contributed by atoms with E-state index in [9.17, 15) is 24.4 Å². The van der Waals surface area contributed by atoms with Crippen molar-refractivity contribution < 1.29 is 48.2 Å². The van der Waals surface area contributed by atoms with Crippen molar-refractivity contribution in [1.82, 2.24) is 0 Å². The average molecular weight is 803 g/mol. The Morgan fingerprint density at radius 1 is 0.571 bits per heavy atom. The third kappa shape index (κ3) is 40.3. The number of hydrogen-bond acceptors (Lipinski definition) is 8. The van der Waals surface area contributed by atoms with Crippen LogP contribution in [0.25, 0.3) is 0 Å². The highest BCUT2D eigenvalue weighted by Crippen LogP contribution is 2.36. The SMILES string of the molecule is CC/C=C\C/C=C\C/C=C\C/C=C\C/C=C\CCCCCC(=O)OC[C@H](COP(=O)(O)O)OC(=O)CCC[C@H](O)/C=C/C=C\C/C=C\C=C\[C@H](O)CCCCC. The van der Waals surface area contributed by atoms with Crippen LogP contribution < -0.4 is 0 Å². The number of carbonyl (C=O) groups excluding carboxylic acids is 2. The van der Waals surface area contributed by atoms with E-state index in [4.69, 9.17) is 19.3 Å². The molecule has 10 nitrogen and oxygen atoms in total. The largest absolute Gasteiger partial charge is 0.469 e. The number of phosphoric ester groups is 1. The lowest BCUT2D eigenvalue weighted by Gasteiger charge is -2.18. The van der Waals surface area contributed by atoms with E-state index in [0.29, 0.717) is 25.7 Å². The number of carbonyl (C=O) groups is 2. The van der Waals surface area contributed by atoms with Crippen molar-refractivity contribution in [3.05, 3.63) is 109 Å². The number of unbranched alkanes of at least 4 members (excludes halogenated alkanes) is 5. The first-order chi connectivity index (χ1) is 27.1. The Hall–Kier alpha value is -3.37. The van der Waals surface area contributed by atoms with E-state index < -0.39 is 51.3 Å². The molecule has 0 unspecified atom stereocenters. The summed E-state index contributed by atoms with van der Waals surface area (Å²) in [6, 6.07) is 0. The number of esters is 2. The number of allylic oxidation sites excluding steroid dienone is 16. The van der Waals surface area contributed by atoms with Gasteiger partial charge in [0.1, 0.15) is 6.61 Å². The van der Waals surface area contributed by atoms with Gasteiger partial charge >= 0.3 is 19.8 Å². The van der Waals surface area contributed by atoms with E-state index in [2.05, 4.69) is 79.1 Å². The highest BCUT2D eigenvalue weighted by Gasteiger charge is 2.23. The minimum absolute atomic E-state index is 0.0510. The van der Waals surface area contributed by atoms with Gasteiger partial charge < -0.3 is 29.5 Å². The summed E-state index contributed by atoms with van der Waals surface area (Å²) in [6.45, 7) is 3.23. The molecular formula is C45H71O10P. The lowest BCUT2D eigenvalue weighted by atomic mass is 10.1. The third-order valence-corrected chi connectivity index (χ3v) is 8.47. The fourth-order valence-corrected chi connectivity index (χ4v) is 5.27. The monoisotopic (exact) mass is 802 g/mol. The van der Waals surface area contributed by atoms with Crippen LogP contribution in [0.5, 0.6) is 0 Å². The van der Waals surface area contributed by atoms with Gasteiger partial charge in [-0.1, -0.05) is 149 Å². The summed E-state index contributed by atoms with van der Waals surface area (Å²) in [5.74, 6) is -1.16. The molecule has 0 bridgehead atoms. The zero-order valence-corrected chi connectivity index (χ0v) is 34.8. The molecule has 0 saturated carbocycles. The van der Waals surface area contributed by atoms with Crippen LogP contribution in [0.2, 0.25) is 0 Å². The molecule has 11 heteroatoms. The normalized spacial score (nSPS) is 14.8. The Morgan fingerprint density at radius 2 is 1.09 bits per heavy atom. The standard InChI is InChI=1S/C45H71O10P/c1-3-5-7-8-9-10-11-12-13-14-15-16-17-18-19-20-24-27-31-37-44(48)53-39-43(40-54-56(50,51)52)55-45(49)38-32-36-42(47)35-30-26-23-21-22-25-29-34-41(46)33-28-6-4-2/h5,7,9-10,12-13,15-16,18-19,22-23,25-26,29-30,34-35,41-43,46-47H,3-4,6,8,11,14,17,20-21,24,27-28,31-33,36-40H2,1-2H3,(H2,50,51,52)/b7-5-,10-9-,13-12-,16-15-,19-18-,25-22-,26-23-,34-29+,35-30+/t41-,42-,43-/m1/s1. The predicted octanol–water partition coefficient (Wildman–Crippen LogP) is 10.3. The summed E-state index contributed by atoms with van der Waals surface area (Å²) in [7, 11) is -4.84.